The largest absolute Gasteiger partial charge is 0.373 e. The van der Waals surface area contributed by atoms with Gasteiger partial charge in [-0.2, -0.15) is 0 Å². The molecule has 2 rings (SSSR count). The van der Waals surface area contributed by atoms with Crippen LogP contribution in [0.4, 0.5) is 0 Å². The van der Waals surface area contributed by atoms with Gasteiger partial charge in [-0.1, -0.05) is 25.9 Å². The van der Waals surface area contributed by atoms with Gasteiger partial charge in [0.15, 0.2) is 0 Å². The predicted octanol–water partition coefficient (Wildman–Crippen LogP) is 2.99. The number of nitrogens with zero attached hydrogens (tertiary/aromatic N) is 2. The van der Waals surface area contributed by atoms with Crippen LogP contribution in [0.25, 0.3) is 0 Å². The molecule has 4 atom stereocenters. The number of carbonyl (C=O) groups is 1. The molecule has 1 N–H and O–H groups in total. The Bertz CT molecular complexity index is 555. The van der Waals surface area contributed by atoms with Gasteiger partial charge in [-0.25, -0.2) is 0 Å². The third-order valence-electron chi connectivity index (χ3n) is 4.90. The quantitative estimate of drug-likeness (QED) is 0.853. The molecule has 2 heterocycles. The first kappa shape index (κ1) is 19.9. The lowest BCUT2D eigenvalue weighted by molar-refractivity contribution is -0.136. The van der Waals surface area contributed by atoms with Gasteiger partial charge in [-0.05, 0) is 40.0 Å². The lowest BCUT2D eigenvalue weighted by atomic mass is 9.97. The van der Waals surface area contributed by atoms with Crippen molar-refractivity contribution in [2.45, 2.75) is 79.2 Å². The monoisotopic (exact) mass is 351 g/mol. The molecule has 0 unspecified atom stereocenters. The lowest BCUT2D eigenvalue weighted by Gasteiger charge is -2.41. The molecule has 0 radical (unpaired) electrons. The van der Waals surface area contributed by atoms with Crippen molar-refractivity contribution in [2.75, 3.05) is 13.1 Å². The summed E-state index contributed by atoms with van der Waals surface area (Å²) in [6.07, 6.45) is 1.08. The van der Waals surface area contributed by atoms with Crippen LogP contribution in [0.2, 0.25) is 0 Å². The second kappa shape index (κ2) is 8.32. The van der Waals surface area contributed by atoms with Gasteiger partial charge in [0.1, 0.15) is 5.76 Å². The number of ether oxygens (including phenoxy) is 1. The van der Waals surface area contributed by atoms with E-state index in [1.807, 2.05) is 13.8 Å². The fourth-order valence-corrected chi connectivity index (χ4v) is 3.96. The molecular formula is C19H33N3O3. The van der Waals surface area contributed by atoms with Gasteiger partial charge in [0.05, 0.1) is 30.0 Å². The molecule has 142 valence electrons. The zero-order valence-corrected chi connectivity index (χ0v) is 16.6. The number of morpholine rings is 1. The number of hydrogen-bond donors (Lipinski definition) is 1. The molecule has 1 amide bonds. The number of hydrogen-bond acceptors (Lipinski definition) is 5. The Kier molecular flexibility index (Phi) is 6.63. The SMILES string of the molecule is CC[C@H](NC(=O)[C@H](C(C)C)N1C[C@@H](C)O[C@@H](C)C1)c1c(C)noc1C. The topological polar surface area (TPSA) is 67.6 Å². The normalized spacial score (nSPS) is 24.3. The van der Waals surface area contributed by atoms with Crippen LogP contribution >= 0.6 is 0 Å². The van der Waals surface area contributed by atoms with Crippen molar-refractivity contribution >= 4 is 5.91 Å². The van der Waals surface area contributed by atoms with Gasteiger partial charge in [0.2, 0.25) is 5.91 Å². The predicted molar refractivity (Wildman–Crippen MR) is 97.4 cm³/mol. The number of rotatable bonds is 6. The number of carbonyl (C=O) groups excluding carboxylic acids is 1. The first-order valence-corrected chi connectivity index (χ1v) is 9.37. The van der Waals surface area contributed by atoms with E-state index in [0.29, 0.717) is 0 Å². The zero-order chi connectivity index (χ0) is 18.7. The van der Waals surface area contributed by atoms with Crippen molar-refractivity contribution in [1.29, 1.82) is 0 Å². The summed E-state index contributed by atoms with van der Waals surface area (Å²) in [6, 6.07) is -0.237. The fraction of sp³-hybridized carbons (Fsp3) is 0.789. The minimum absolute atomic E-state index is 0.0724. The summed E-state index contributed by atoms with van der Waals surface area (Å²) in [5.41, 5.74) is 1.85. The summed E-state index contributed by atoms with van der Waals surface area (Å²) in [6.45, 7) is 15.8. The lowest BCUT2D eigenvalue weighted by Crippen LogP contribution is -2.57. The molecule has 1 saturated heterocycles. The van der Waals surface area contributed by atoms with Gasteiger partial charge in [-0.15, -0.1) is 0 Å². The van der Waals surface area contributed by atoms with Crippen molar-refractivity contribution in [3.8, 4) is 0 Å². The highest BCUT2D eigenvalue weighted by Crippen LogP contribution is 2.25. The molecule has 1 aromatic rings. The third kappa shape index (κ3) is 4.61. The number of aryl methyl sites for hydroxylation is 2. The van der Waals surface area contributed by atoms with E-state index < -0.39 is 0 Å². The second-order valence-corrected chi connectivity index (χ2v) is 7.61. The van der Waals surface area contributed by atoms with Crippen molar-refractivity contribution < 1.29 is 14.1 Å². The molecule has 0 spiro atoms. The van der Waals surface area contributed by atoms with Crippen molar-refractivity contribution in [3.63, 3.8) is 0 Å². The van der Waals surface area contributed by atoms with E-state index in [2.05, 4.69) is 50.0 Å². The molecule has 1 aliphatic rings. The Morgan fingerprint density at radius 3 is 2.32 bits per heavy atom. The molecule has 0 bridgehead atoms. The van der Waals surface area contributed by atoms with Crippen LogP contribution in [-0.2, 0) is 9.53 Å². The van der Waals surface area contributed by atoms with Gasteiger partial charge in [0, 0.05) is 18.7 Å². The summed E-state index contributed by atoms with van der Waals surface area (Å²) in [4.78, 5) is 15.4. The van der Waals surface area contributed by atoms with E-state index in [4.69, 9.17) is 9.26 Å². The van der Waals surface area contributed by atoms with Crippen LogP contribution in [0.1, 0.15) is 64.1 Å². The Hall–Kier alpha value is -1.40. The molecule has 0 aromatic carbocycles. The highest BCUT2D eigenvalue weighted by atomic mass is 16.5. The minimum Gasteiger partial charge on any atom is -0.373 e. The first-order valence-electron chi connectivity index (χ1n) is 9.37. The third-order valence-corrected chi connectivity index (χ3v) is 4.90. The van der Waals surface area contributed by atoms with Crippen LogP contribution in [0.3, 0.4) is 0 Å². The molecular weight excluding hydrogens is 318 g/mol. The first-order chi connectivity index (χ1) is 11.7. The smallest absolute Gasteiger partial charge is 0.238 e. The maximum Gasteiger partial charge on any atom is 0.238 e. The number of aromatic nitrogens is 1. The highest BCUT2D eigenvalue weighted by Gasteiger charge is 2.35. The van der Waals surface area contributed by atoms with Gasteiger partial charge in [-0.3, -0.25) is 9.69 Å². The van der Waals surface area contributed by atoms with E-state index in [-0.39, 0.29) is 36.1 Å². The summed E-state index contributed by atoms with van der Waals surface area (Å²) >= 11 is 0. The molecule has 25 heavy (non-hydrogen) atoms. The van der Waals surface area contributed by atoms with Gasteiger partial charge < -0.3 is 14.6 Å². The van der Waals surface area contributed by atoms with Crippen LogP contribution in [0.15, 0.2) is 4.52 Å². The van der Waals surface area contributed by atoms with E-state index >= 15 is 0 Å². The van der Waals surface area contributed by atoms with Crippen molar-refractivity contribution in [1.82, 2.24) is 15.4 Å². The molecule has 0 saturated carbocycles. The number of amides is 1. The average Bonchev–Trinajstić information content (AvgIpc) is 2.83. The summed E-state index contributed by atoms with van der Waals surface area (Å²) in [5, 5.41) is 7.27. The molecule has 1 fully saturated rings. The van der Waals surface area contributed by atoms with Crippen LogP contribution in [0.5, 0.6) is 0 Å². The van der Waals surface area contributed by atoms with Crippen molar-refractivity contribution in [2.24, 2.45) is 5.92 Å². The fourth-order valence-electron chi connectivity index (χ4n) is 3.96. The minimum atomic E-state index is -0.164. The number of nitrogens with one attached hydrogen (secondary N) is 1. The van der Waals surface area contributed by atoms with Crippen LogP contribution in [0, 0.1) is 19.8 Å². The summed E-state index contributed by atoms with van der Waals surface area (Å²) in [5.74, 6) is 1.07. The summed E-state index contributed by atoms with van der Waals surface area (Å²) in [7, 11) is 0. The molecule has 1 aromatic heterocycles. The van der Waals surface area contributed by atoms with E-state index in [1.165, 1.54) is 0 Å². The maximum absolute atomic E-state index is 13.1. The Morgan fingerprint density at radius 2 is 1.88 bits per heavy atom. The van der Waals surface area contributed by atoms with E-state index in [0.717, 1.165) is 36.5 Å². The van der Waals surface area contributed by atoms with Crippen molar-refractivity contribution in [3.05, 3.63) is 17.0 Å². The molecule has 6 heteroatoms. The summed E-state index contributed by atoms with van der Waals surface area (Å²) < 4.78 is 11.1. The average molecular weight is 351 g/mol. The molecule has 1 aliphatic heterocycles. The Morgan fingerprint density at radius 1 is 1.28 bits per heavy atom. The highest BCUT2D eigenvalue weighted by molar-refractivity contribution is 5.82. The maximum atomic E-state index is 13.1. The van der Waals surface area contributed by atoms with Gasteiger partial charge >= 0.3 is 0 Å². The molecule has 6 nitrogen and oxygen atoms in total. The zero-order valence-electron chi connectivity index (χ0n) is 16.6. The second-order valence-electron chi connectivity index (χ2n) is 7.61. The molecule has 0 aliphatic carbocycles. The van der Waals surface area contributed by atoms with Gasteiger partial charge in [0.25, 0.3) is 0 Å². The van der Waals surface area contributed by atoms with Crippen LogP contribution < -0.4 is 5.32 Å². The van der Waals surface area contributed by atoms with E-state index in [1.54, 1.807) is 0 Å². The standard InChI is InChI=1S/C19H33N3O3/c1-8-16(17-14(6)21-25-15(17)7)20-19(23)18(11(2)3)22-9-12(4)24-13(5)10-22/h11-13,16,18H,8-10H2,1-7H3,(H,20,23)/t12-,13+,16-,18-/m0/s1. The van der Waals surface area contributed by atoms with Crippen LogP contribution in [-0.4, -0.2) is 47.3 Å². The Balaban J connectivity index is 2.17. The Labute approximate surface area is 151 Å². The van der Waals surface area contributed by atoms with E-state index in [9.17, 15) is 4.79 Å².